The van der Waals surface area contributed by atoms with Crippen LogP contribution < -0.4 is 11.5 Å². The Kier molecular flexibility index (Phi) is 12.4. The van der Waals surface area contributed by atoms with Gasteiger partial charge in [0.15, 0.2) is 22.9 Å². The van der Waals surface area contributed by atoms with Gasteiger partial charge in [0, 0.05) is 13.7 Å². The van der Waals surface area contributed by atoms with Gasteiger partial charge in [0.1, 0.15) is 36.4 Å². The van der Waals surface area contributed by atoms with Crippen LogP contribution in [0.25, 0.3) is 22.3 Å². The third-order valence-corrected chi connectivity index (χ3v) is 6.84. The fourth-order valence-corrected chi connectivity index (χ4v) is 4.56. The van der Waals surface area contributed by atoms with Gasteiger partial charge in [0.25, 0.3) is 0 Å². The average Bonchev–Trinajstić information content (AvgIpc) is 3.56. The van der Waals surface area contributed by atoms with Crippen molar-refractivity contribution >= 4 is 49.2 Å². The molecule has 0 aliphatic rings. The normalized spacial score (nSPS) is 13.6. The number of anilines is 2. The Morgan fingerprint density at radius 2 is 1.23 bits per heavy atom. The molecule has 0 aromatic carbocycles. The number of nitrogens with two attached hydrogens (primary N) is 2. The van der Waals surface area contributed by atoms with E-state index in [1.165, 1.54) is 19.0 Å². The first-order chi connectivity index (χ1) is 20.3. The molecule has 238 valence electrons. The lowest BCUT2D eigenvalue weighted by atomic mass is 10.2. The lowest BCUT2D eigenvalue weighted by Gasteiger charge is -2.19. The van der Waals surface area contributed by atoms with Crippen LogP contribution in [0.1, 0.15) is 24.9 Å². The number of halogens is 1. The van der Waals surface area contributed by atoms with E-state index in [9.17, 15) is 13.5 Å². The summed E-state index contributed by atoms with van der Waals surface area (Å²) in [5.74, 6) is 0.472. The van der Waals surface area contributed by atoms with Crippen LogP contribution in [0.5, 0.6) is 0 Å². The van der Waals surface area contributed by atoms with E-state index in [1.807, 2.05) is 0 Å². The molecule has 8 N–H and O–H groups in total. The van der Waals surface area contributed by atoms with Crippen molar-refractivity contribution in [3.05, 3.63) is 25.3 Å². The fourth-order valence-electron chi connectivity index (χ4n) is 3.88. The molecule has 0 saturated carbocycles. The van der Waals surface area contributed by atoms with Crippen LogP contribution >= 0.6 is 15.2 Å². The zero-order valence-electron chi connectivity index (χ0n) is 23.0. The van der Waals surface area contributed by atoms with Crippen molar-refractivity contribution in [2.24, 2.45) is 0 Å². The maximum absolute atomic E-state index is 12.7. The summed E-state index contributed by atoms with van der Waals surface area (Å²) in [6.07, 6.45) is 4.87. The van der Waals surface area contributed by atoms with Gasteiger partial charge in [-0.15, -0.1) is 0 Å². The van der Waals surface area contributed by atoms with Crippen molar-refractivity contribution in [1.82, 2.24) is 39.0 Å². The fraction of sp³-hybridized carbons (Fsp3) is 0.524. The van der Waals surface area contributed by atoms with E-state index in [4.69, 9.17) is 45.3 Å². The van der Waals surface area contributed by atoms with E-state index in [-0.39, 0.29) is 37.3 Å². The molecule has 2 atom stereocenters. The highest BCUT2D eigenvalue weighted by Crippen LogP contribution is 2.35. The van der Waals surface area contributed by atoms with Crippen molar-refractivity contribution in [3.63, 3.8) is 0 Å². The van der Waals surface area contributed by atoms with Gasteiger partial charge in [-0.25, -0.2) is 29.9 Å². The Morgan fingerprint density at radius 1 is 0.791 bits per heavy atom. The van der Waals surface area contributed by atoms with Crippen LogP contribution in [0, 0.1) is 0 Å². The number of imidazole rings is 2. The number of rotatable bonds is 15. The van der Waals surface area contributed by atoms with E-state index in [0.29, 0.717) is 35.4 Å². The van der Waals surface area contributed by atoms with Crippen molar-refractivity contribution in [2.45, 2.75) is 24.9 Å². The van der Waals surface area contributed by atoms with Gasteiger partial charge in [-0.3, -0.25) is 13.5 Å². The molecule has 0 amide bonds. The van der Waals surface area contributed by atoms with Crippen LogP contribution in [0.15, 0.2) is 25.3 Å². The number of aromatic nitrogens is 8. The highest BCUT2D eigenvalue weighted by molar-refractivity contribution is 7.51. The predicted molar refractivity (Wildman–Crippen MR) is 150 cm³/mol. The van der Waals surface area contributed by atoms with Crippen LogP contribution in [0.4, 0.5) is 16.0 Å². The lowest BCUT2D eigenvalue weighted by molar-refractivity contribution is 0.103. The summed E-state index contributed by atoms with van der Waals surface area (Å²) >= 11 is 0. The molecule has 43 heavy (non-hydrogen) atoms. The SMILES string of the molecule is COCCC(COCP(=O)(O)O)n1cnc2c(N)ncnc21.Nc1ncnc2c1ncn2C(CCF)COCP(=O)(O)O. The molecule has 0 bridgehead atoms. The van der Waals surface area contributed by atoms with Crippen LogP contribution in [0.2, 0.25) is 0 Å². The number of hydrogen-bond donors (Lipinski definition) is 6. The summed E-state index contributed by atoms with van der Waals surface area (Å²) in [5, 5.41) is 0. The summed E-state index contributed by atoms with van der Waals surface area (Å²) in [6, 6.07) is -0.744. The predicted octanol–water partition coefficient (Wildman–Crippen LogP) is 0.599. The van der Waals surface area contributed by atoms with Gasteiger partial charge in [-0.2, -0.15) is 0 Å². The number of fused-ring (bicyclic) bond motifs is 2. The van der Waals surface area contributed by atoms with Gasteiger partial charge in [0.05, 0.1) is 44.6 Å². The molecule has 4 aromatic rings. The highest BCUT2D eigenvalue weighted by Gasteiger charge is 2.21. The zero-order valence-corrected chi connectivity index (χ0v) is 24.7. The van der Waals surface area contributed by atoms with E-state index in [0.717, 1.165) is 0 Å². The van der Waals surface area contributed by atoms with Gasteiger partial charge in [-0.05, 0) is 12.8 Å². The van der Waals surface area contributed by atoms with Crippen molar-refractivity contribution in [3.8, 4) is 0 Å². The highest BCUT2D eigenvalue weighted by atomic mass is 31.2. The van der Waals surface area contributed by atoms with E-state index in [2.05, 4.69) is 29.9 Å². The second kappa shape index (κ2) is 15.5. The first-order valence-corrected chi connectivity index (χ1v) is 16.1. The van der Waals surface area contributed by atoms with Crippen molar-refractivity contribution in [2.75, 3.05) is 57.8 Å². The molecule has 0 aliphatic carbocycles. The number of ether oxygens (including phenoxy) is 3. The molecular formula is C21H33FN10O9P2. The zero-order chi connectivity index (χ0) is 31.6. The number of hydrogen-bond acceptors (Lipinski definition) is 13. The number of nitrogens with zero attached hydrogens (tertiary/aromatic N) is 8. The van der Waals surface area contributed by atoms with Crippen LogP contribution in [0.3, 0.4) is 0 Å². The minimum absolute atomic E-state index is 0.0790. The van der Waals surface area contributed by atoms with E-state index >= 15 is 0 Å². The third-order valence-electron chi connectivity index (χ3n) is 5.80. The average molecular weight is 651 g/mol. The Labute approximate surface area is 243 Å². The molecular weight excluding hydrogens is 617 g/mol. The Bertz CT molecular complexity index is 1560. The Hall–Kier alpha value is -3.19. The van der Waals surface area contributed by atoms with Gasteiger partial charge < -0.3 is 54.4 Å². The molecule has 4 aromatic heterocycles. The lowest BCUT2D eigenvalue weighted by Crippen LogP contribution is -2.18. The molecule has 4 heterocycles. The molecule has 22 heteroatoms. The quantitative estimate of drug-likeness (QED) is 0.0960. The van der Waals surface area contributed by atoms with Crippen LogP contribution in [-0.2, 0) is 23.3 Å². The van der Waals surface area contributed by atoms with Crippen LogP contribution in [-0.4, -0.2) is 105 Å². The second-order valence-corrected chi connectivity index (χ2v) is 12.2. The summed E-state index contributed by atoms with van der Waals surface area (Å²) in [5.41, 5.74) is 13.2. The monoisotopic (exact) mass is 650 g/mol. The van der Waals surface area contributed by atoms with Gasteiger partial charge in [0.2, 0.25) is 0 Å². The standard InChI is InChI=1S/C11H18N5O5P.C10H15FN5O4P/c1-20-3-2-8(4-21-7-22(17,18)19)16-6-15-9-10(12)13-5-14-11(9)16;11-2-1-7(3-20-6-21(17,18)19)16-5-15-8-9(12)13-4-14-10(8)16/h5-6,8H,2-4,7H2,1H3,(H2,12,13,14)(H2,17,18,19);4-5,7H,1-3,6H2,(H2,12,13,14)(H2,17,18,19). The first-order valence-electron chi connectivity index (χ1n) is 12.5. The van der Waals surface area contributed by atoms with Crippen molar-refractivity contribution in [1.29, 1.82) is 0 Å². The molecule has 4 rings (SSSR count). The summed E-state index contributed by atoms with van der Waals surface area (Å²) in [6.45, 7) is -0.164. The minimum atomic E-state index is -4.26. The molecule has 0 fully saturated rings. The topological polar surface area (TPSA) is 282 Å². The maximum Gasteiger partial charge on any atom is 0.350 e. The Balaban J connectivity index is 0.000000236. The summed E-state index contributed by atoms with van der Waals surface area (Å²) < 4.78 is 52.7. The largest absolute Gasteiger partial charge is 0.385 e. The summed E-state index contributed by atoms with van der Waals surface area (Å²) in [4.78, 5) is 59.3. The molecule has 0 spiro atoms. The minimum Gasteiger partial charge on any atom is -0.385 e. The molecule has 2 unspecified atom stereocenters. The van der Waals surface area contributed by atoms with Gasteiger partial charge >= 0.3 is 15.2 Å². The molecule has 19 nitrogen and oxygen atoms in total. The first kappa shape index (κ1) is 34.3. The summed E-state index contributed by atoms with van der Waals surface area (Å²) in [7, 11) is -6.90. The smallest absolute Gasteiger partial charge is 0.350 e. The van der Waals surface area contributed by atoms with Gasteiger partial charge in [-0.1, -0.05) is 0 Å². The molecule has 0 saturated heterocycles. The maximum atomic E-state index is 12.7. The molecule has 0 aliphatic heterocycles. The number of alkyl halides is 1. The van der Waals surface area contributed by atoms with E-state index in [1.54, 1.807) is 22.6 Å². The number of nitrogen functional groups attached to an aromatic ring is 2. The number of methoxy groups -OCH3 is 1. The van der Waals surface area contributed by atoms with Crippen molar-refractivity contribution < 1.29 is 47.3 Å². The Morgan fingerprint density at radius 3 is 1.63 bits per heavy atom. The third kappa shape index (κ3) is 10.2. The second-order valence-electron chi connectivity index (χ2n) is 9.06. The molecule has 0 radical (unpaired) electrons. The van der Waals surface area contributed by atoms with E-state index < -0.39 is 40.6 Å².